The van der Waals surface area contributed by atoms with E-state index in [1.54, 1.807) is 20.0 Å². The van der Waals surface area contributed by atoms with Crippen molar-refractivity contribution in [2.45, 2.75) is 20.1 Å². The first kappa shape index (κ1) is 13.8. The fourth-order valence-corrected chi connectivity index (χ4v) is 2.05. The SMILES string of the molecule is Cc1nn(C)c(Cl)c1COc1c(F)cccc1CO. The highest BCUT2D eigenvalue weighted by atomic mass is 35.5. The summed E-state index contributed by atoms with van der Waals surface area (Å²) in [6.07, 6.45) is 0. The summed E-state index contributed by atoms with van der Waals surface area (Å²) in [5, 5.41) is 13.8. The van der Waals surface area contributed by atoms with Crippen LogP contribution in [-0.2, 0) is 20.3 Å². The van der Waals surface area contributed by atoms with Crippen molar-refractivity contribution in [3.05, 3.63) is 46.0 Å². The number of para-hydroxylation sites is 1. The van der Waals surface area contributed by atoms with Crippen LogP contribution in [0.3, 0.4) is 0 Å². The number of halogens is 2. The number of aryl methyl sites for hydroxylation is 2. The molecule has 0 spiro atoms. The third-order valence-corrected chi connectivity index (χ3v) is 3.32. The van der Waals surface area contributed by atoms with Gasteiger partial charge in [0.15, 0.2) is 11.6 Å². The van der Waals surface area contributed by atoms with E-state index in [2.05, 4.69) is 5.10 Å². The van der Waals surface area contributed by atoms with Crippen LogP contribution in [0.25, 0.3) is 0 Å². The van der Waals surface area contributed by atoms with E-state index in [4.69, 9.17) is 21.4 Å². The molecule has 4 nitrogen and oxygen atoms in total. The van der Waals surface area contributed by atoms with Gasteiger partial charge < -0.3 is 9.84 Å². The van der Waals surface area contributed by atoms with Crippen LogP contribution in [0.1, 0.15) is 16.8 Å². The molecule has 0 radical (unpaired) electrons. The van der Waals surface area contributed by atoms with Crippen LogP contribution in [0.2, 0.25) is 5.15 Å². The van der Waals surface area contributed by atoms with E-state index >= 15 is 0 Å². The molecule has 2 aromatic rings. The van der Waals surface area contributed by atoms with E-state index in [0.29, 0.717) is 16.3 Å². The molecule has 1 heterocycles. The molecule has 0 aliphatic carbocycles. The zero-order valence-corrected chi connectivity index (χ0v) is 11.4. The number of aliphatic hydroxyl groups is 1. The minimum absolute atomic E-state index is 0.0457. The number of ether oxygens (including phenoxy) is 1. The van der Waals surface area contributed by atoms with Crippen molar-refractivity contribution in [3.63, 3.8) is 0 Å². The highest BCUT2D eigenvalue weighted by molar-refractivity contribution is 6.30. The summed E-state index contributed by atoms with van der Waals surface area (Å²) < 4.78 is 20.6. The van der Waals surface area contributed by atoms with E-state index in [0.717, 1.165) is 5.69 Å². The lowest BCUT2D eigenvalue weighted by Gasteiger charge is -2.10. The molecular weight excluding hydrogens is 271 g/mol. The fraction of sp³-hybridized carbons (Fsp3) is 0.308. The molecule has 2 rings (SSSR count). The number of hydrogen-bond donors (Lipinski definition) is 1. The molecule has 102 valence electrons. The van der Waals surface area contributed by atoms with Crippen LogP contribution in [0.5, 0.6) is 5.75 Å². The zero-order chi connectivity index (χ0) is 14.0. The summed E-state index contributed by atoms with van der Waals surface area (Å²) in [6, 6.07) is 4.42. The Bertz CT molecular complexity index is 599. The number of nitrogens with zero attached hydrogens (tertiary/aromatic N) is 2. The molecule has 0 aliphatic rings. The third-order valence-electron chi connectivity index (χ3n) is 2.85. The number of hydrogen-bond acceptors (Lipinski definition) is 3. The Morgan fingerprint density at radius 1 is 1.47 bits per heavy atom. The average Bonchev–Trinajstić information content (AvgIpc) is 2.62. The molecule has 0 unspecified atom stereocenters. The number of aliphatic hydroxyl groups excluding tert-OH is 1. The van der Waals surface area contributed by atoms with Crippen LogP contribution in [0.4, 0.5) is 4.39 Å². The highest BCUT2D eigenvalue weighted by Gasteiger charge is 2.14. The standard InChI is InChI=1S/C13H14ClFN2O2/c1-8-10(13(14)17(2)16-8)7-19-12-9(6-18)4-3-5-11(12)15/h3-5,18H,6-7H2,1-2H3. The molecule has 0 saturated heterocycles. The summed E-state index contributed by atoms with van der Waals surface area (Å²) in [6.45, 7) is 1.62. The molecule has 19 heavy (non-hydrogen) atoms. The summed E-state index contributed by atoms with van der Waals surface area (Å²) in [4.78, 5) is 0. The maximum Gasteiger partial charge on any atom is 0.165 e. The van der Waals surface area contributed by atoms with E-state index in [1.807, 2.05) is 0 Å². The maximum atomic E-state index is 13.7. The van der Waals surface area contributed by atoms with Gasteiger partial charge in [0, 0.05) is 18.2 Å². The molecule has 0 atom stereocenters. The van der Waals surface area contributed by atoms with Crippen LogP contribution in [0, 0.1) is 12.7 Å². The predicted molar refractivity (Wildman–Crippen MR) is 69.6 cm³/mol. The molecule has 0 bridgehead atoms. The monoisotopic (exact) mass is 284 g/mol. The first-order chi connectivity index (χ1) is 9.04. The van der Waals surface area contributed by atoms with Crippen molar-refractivity contribution in [3.8, 4) is 5.75 Å². The Morgan fingerprint density at radius 2 is 2.21 bits per heavy atom. The van der Waals surface area contributed by atoms with Gasteiger partial charge in [0.2, 0.25) is 0 Å². The topological polar surface area (TPSA) is 47.3 Å². The lowest BCUT2D eigenvalue weighted by molar-refractivity contribution is 0.251. The van der Waals surface area contributed by atoms with Gasteiger partial charge in [0.05, 0.1) is 12.3 Å². The first-order valence-corrected chi connectivity index (χ1v) is 6.11. The number of benzene rings is 1. The Labute approximate surface area is 115 Å². The van der Waals surface area contributed by atoms with Gasteiger partial charge in [0.25, 0.3) is 0 Å². The van der Waals surface area contributed by atoms with Gasteiger partial charge in [-0.05, 0) is 13.0 Å². The van der Waals surface area contributed by atoms with Crippen molar-refractivity contribution in [1.82, 2.24) is 9.78 Å². The quantitative estimate of drug-likeness (QED) is 0.939. The lowest BCUT2D eigenvalue weighted by atomic mass is 10.2. The van der Waals surface area contributed by atoms with Gasteiger partial charge in [-0.15, -0.1) is 0 Å². The smallest absolute Gasteiger partial charge is 0.165 e. The third kappa shape index (κ3) is 2.72. The lowest BCUT2D eigenvalue weighted by Crippen LogP contribution is -2.02. The minimum atomic E-state index is -0.510. The van der Waals surface area contributed by atoms with Gasteiger partial charge in [0.1, 0.15) is 11.8 Å². The van der Waals surface area contributed by atoms with Gasteiger partial charge >= 0.3 is 0 Å². The molecule has 0 fully saturated rings. The number of rotatable bonds is 4. The second-order valence-electron chi connectivity index (χ2n) is 4.15. The van der Waals surface area contributed by atoms with Crippen molar-refractivity contribution >= 4 is 11.6 Å². The van der Waals surface area contributed by atoms with Crippen molar-refractivity contribution < 1.29 is 14.2 Å². The van der Waals surface area contributed by atoms with Gasteiger partial charge in [-0.1, -0.05) is 23.7 Å². The largest absolute Gasteiger partial charge is 0.485 e. The molecule has 0 aliphatic heterocycles. The van der Waals surface area contributed by atoms with E-state index in [9.17, 15) is 4.39 Å². The first-order valence-electron chi connectivity index (χ1n) is 5.73. The molecule has 0 amide bonds. The summed E-state index contributed by atoms with van der Waals surface area (Å²) in [5.41, 5.74) is 1.84. The Balaban J connectivity index is 2.24. The summed E-state index contributed by atoms with van der Waals surface area (Å²) in [5.74, 6) is -0.464. The normalized spacial score (nSPS) is 10.8. The van der Waals surface area contributed by atoms with Gasteiger partial charge in [-0.25, -0.2) is 4.39 Å². The van der Waals surface area contributed by atoms with Crippen LogP contribution in [0.15, 0.2) is 18.2 Å². The second-order valence-corrected chi connectivity index (χ2v) is 4.51. The van der Waals surface area contributed by atoms with Gasteiger partial charge in [-0.3, -0.25) is 4.68 Å². The summed E-state index contributed by atoms with van der Waals surface area (Å²) >= 11 is 6.07. The Morgan fingerprint density at radius 3 is 2.79 bits per heavy atom. The van der Waals surface area contributed by atoms with Crippen molar-refractivity contribution in [1.29, 1.82) is 0 Å². The Kier molecular flexibility index (Phi) is 4.07. The highest BCUT2D eigenvalue weighted by Crippen LogP contribution is 2.26. The molecule has 0 saturated carbocycles. The van der Waals surface area contributed by atoms with E-state index < -0.39 is 5.82 Å². The molecule has 1 N–H and O–H groups in total. The predicted octanol–water partition coefficient (Wildman–Crippen LogP) is 2.59. The summed E-state index contributed by atoms with van der Waals surface area (Å²) in [7, 11) is 1.72. The van der Waals surface area contributed by atoms with E-state index in [-0.39, 0.29) is 19.0 Å². The molecule has 1 aromatic carbocycles. The van der Waals surface area contributed by atoms with Crippen LogP contribution < -0.4 is 4.74 Å². The maximum absolute atomic E-state index is 13.7. The molecule has 6 heteroatoms. The Hall–Kier alpha value is -1.59. The molecular formula is C13H14ClFN2O2. The number of aromatic nitrogens is 2. The van der Waals surface area contributed by atoms with Crippen molar-refractivity contribution in [2.75, 3.05) is 0 Å². The zero-order valence-electron chi connectivity index (χ0n) is 10.7. The van der Waals surface area contributed by atoms with Crippen molar-refractivity contribution in [2.24, 2.45) is 7.05 Å². The second kappa shape index (κ2) is 5.59. The molecule has 1 aromatic heterocycles. The van der Waals surface area contributed by atoms with E-state index in [1.165, 1.54) is 16.8 Å². The fourth-order valence-electron chi connectivity index (χ4n) is 1.82. The van der Waals surface area contributed by atoms with Crippen LogP contribution >= 0.6 is 11.6 Å². The van der Waals surface area contributed by atoms with Crippen LogP contribution in [-0.4, -0.2) is 14.9 Å². The minimum Gasteiger partial charge on any atom is -0.485 e. The van der Waals surface area contributed by atoms with Gasteiger partial charge in [-0.2, -0.15) is 5.10 Å². The average molecular weight is 285 g/mol.